The third-order valence-electron chi connectivity index (χ3n) is 7.18. The van der Waals surface area contributed by atoms with Crippen molar-refractivity contribution in [3.8, 4) is 0 Å². The Kier molecular flexibility index (Phi) is 13.3. The largest absolute Gasteiger partial charge is 0.444 e. The van der Waals surface area contributed by atoms with Gasteiger partial charge in [0.15, 0.2) is 16.6 Å². The van der Waals surface area contributed by atoms with Gasteiger partial charge < -0.3 is 28.7 Å². The summed E-state index contributed by atoms with van der Waals surface area (Å²) in [4.78, 5) is 25.2. The maximum absolute atomic E-state index is 11.8. The van der Waals surface area contributed by atoms with E-state index in [0.717, 1.165) is 6.54 Å². The van der Waals surface area contributed by atoms with E-state index < -0.39 is 40.0 Å². The topological polar surface area (TPSA) is 106 Å². The number of alkyl carbamates (subject to hydrolysis) is 1. The van der Waals surface area contributed by atoms with Gasteiger partial charge in [-0.05, 0) is 77.8 Å². The summed E-state index contributed by atoms with van der Waals surface area (Å²) in [5.41, 5.74) is -0.977. The Hall–Kier alpha value is -1.15. The first-order chi connectivity index (χ1) is 17.1. The number of ether oxygens (including phenoxy) is 2. The molecule has 1 aliphatic heterocycles. The number of nitrogens with zero attached hydrogens (tertiary/aromatic N) is 1. The van der Waals surface area contributed by atoms with E-state index in [1.807, 2.05) is 20.8 Å². The first kappa shape index (κ1) is 37.9. The van der Waals surface area contributed by atoms with Crippen LogP contribution in [-0.4, -0.2) is 88.5 Å². The number of aliphatic hydroxyl groups is 1. The number of hydrogen-bond donors (Lipinski definition) is 2. The highest BCUT2D eigenvalue weighted by Crippen LogP contribution is 2.38. The van der Waals surface area contributed by atoms with E-state index in [9.17, 15) is 14.7 Å². The second-order valence-electron chi connectivity index (χ2n) is 15.5. The first-order valence-corrected chi connectivity index (χ1v) is 19.8. The van der Waals surface area contributed by atoms with Crippen molar-refractivity contribution in [2.75, 3.05) is 26.4 Å². The molecule has 1 heterocycles. The molecule has 0 aliphatic carbocycles. The fraction of sp³-hybridized carbons (Fsp3) is 0.929. The van der Waals surface area contributed by atoms with Gasteiger partial charge >= 0.3 is 12.2 Å². The van der Waals surface area contributed by atoms with Crippen molar-refractivity contribution in [2.45, 2.75) is 143 Å². The second-order valence-corrected chi connectivity index (χ2v) is 25.1. The van der Waals surface area contributed by atoms with Crippen molar-refractivity contribution in [3.05, 3.63) is 0 Å². The lowest BCUT2D eigenvalue weighted by molar-refractivity contribution is 0.0394. The predicted molar refractivity (Wildman–Crippen MR) is 163 cm³/mol. The molecule has 1 fully saturated rings. The molecule has 9 nitrogen and oxygen atoms in total. The number of rotatable bonds is 8. The zero-order chi connectivity index (χ0) is 31.3. The van der Waals surface area contributed by atoms with Gasteiger partial charge in [0.05, 0.1) is 31.9 Å². The molecule has 39 heavy (non-hydrogen) atoms. The zero-order valence-electron chi connectivity index (χ0n) is 27.8. The number of carbonyl (C=O) groups excluding carboxylic acids is 2. The number of amides is 2. The highest BCUT2D eigenvalue weighted by atomic mass is 28.4. The van der Waals surface area contributed by atoms with Crippen molar-refractivity contribution in [2.24, 2.45) is 0 Å². The van der Waals surface area contributed by atoms with E-state index >= 15 is 0 Å². The van der Waals surface area contributed by atoms with E-state index in [0.29, 0.717) is 13.2 Å². The molecular weight excluding hydrogens is 532 g/mol. The van der Waals surface area contributed by atoms with Crippen LogP contribution in [0.2, 0.25) is 36.3 Å². The van der Waals surface area contributed by atoms with Gasteiger partial charge in [-0.15, -0.1) is 0 Å². The minimum atomic E-state index is -1.89. The highest BCUT2D eigenvalue weighted by Gasteiger charge is 2.44. The molecule has 0 radical (unpaired) electrons. The van der Waals surface area contributed by atoms with Crippen LogP contribution in [0.15, 0.2) is 0 Å². The number of aliphatic hydroxyl groups excluding tert-OH is 1. The summed E-state index contributed by atoms with van der Waals surface area (Å²) in [6, 6.07) is -0.247. The standard InChI is InChI=1S/C14H31NO4Si.C14H29NO3Si/c1-13(2,3)19-12(17)15-11(9-16)10-18-20(7,8)14(4,5)6;1-13(2,3)18-12(16)15-9-11(15)10-17-19(7,8)14(4,5)6/h11,16H,9-10H2,1-8H3,(H,15,17);11H,9-10H2,1-8H3/t11-;11-,15?/m00/s1. The number of carbonyl (C=O) groups is 2. The van der Waals surface area contributed by atoms with Crippen LogP contribution < -0.4 is 5.32 Å². The molecule has 0 bridgehead atoms. The number of hydrogen-bond acceptors (Lipinski definition) is 7. The van der Waals surface area contributed by atoms with Crippen LogP contribution in [0.1, 0.15) is 83.1 Å². The second kappa shape index (κ2) is 13.7. The Morgan fingerprint density at radius 1 is 0.821 bits per heavy atom. The van der Waals surface area contributed by atoms with Crippen molar-refractivity contribution >= 4 is 28.8 Å². The van der Waals surface area contributed by atoms with Crippen molar-refractivity contribution in [3.63, 3.8) is 0 Å². The summed E-state index contributed by atoms with van der Waals surface area (Å²) in [6.45, 7) is 34.4. The minimum absolute atomic E-state index is 0.0962. The molecule has 1 rings (SSSR count). The molecule has 11 heteroatoms. The van der Waals surface area contributed by atoms with Gasteiger partial charge in [-0.25, -0.2) is 9.59 Å². The predicted octanol–water partition coefficient (Wildman–Crippen LogP) is 6.52. The van der Waals surface area contributed by atoms with Crippen molar-refractivity contribution in [1.82, 2.24) is 10.2 Å². The molecule has 1 aliphatic rings. The van der Waals surface area contributed by atoms with E-state index in [1.54, 1.807) is 25.7 Å². The van der Waals surface area contributed by atoms with E-state index in [4.69, 9.17) is 18.3 Å². The quantitative estimate of drug-likeness (QED) is 0.244. The van der Waals surface area contributed by atoms with Gasteiger partial charge in [0.25, 0.3) is 0 Å². The van der Waals surface area contributed by atoms with Crippen molar-refractivity contribution in [1.29, 1.82) is 0 Å². The lowest BCUT2D eigenvalue weighted by Crippen LogP contribution is -2.48. The maximum atomic E-state index is 11.8. The Labute approximate surface area is 240 Å². The Bertz CT molecular complexity index is 792. The van der Waals surface area contributed by atoms with Gasteiger partial charge in [0, 0.05) is 6.54 Å². The van der Waals surface area contributed by atoms with Crippen LogP contribution in [0.4, 0.5) is 9.59 Å². The van der Waals surface area contributed by atoms with E-state index in [-0.39, 0.29) is 28.8 Å². The smallest absolute Gasteiger partial charge is 0.410 e. The molecule has 0 unspecified atom stereocenters. The summed E-state index contributed by atoms with van der Waals surface area (Å²) < 4.78 is 22.6. The highest BCUT2D eigenvalue weighted by molar-refractivity contribution is 6.74. The normalized spacial score (nSPS) is 17.6. The molecule has 2 amide bonds. The summed E-state index contributed by atoms with van der Waals surface area (Å²) >= 11 is 0. The molecule has 1 saturated heterocycles. The van der Waals surface area contributed by atoms with E-state index in [1.165, 1.54) is 0 Å². The van der Waals surface area contributed by atoms with Crippen molar-refractivity contribution < 1.29 is 33.0 Å². The van der Waals surface area contributed by atoms with Gasteiger partial charge in [-0.2, -0.15) is 0 Å². The van der Waals surface area contributed by atoms with Gasteiger partial charge in [0.1, 0.15) is 11.2 Å². The van der Waals surface area contributed by atoms with Crippen LogP contribution >= 0.6 is 0 Å². The third-order valence-corrected chi connectivity index (χ3v) is 16.2. The summed E-state index contributed by atoms with van der Waals surface area (Å²) in [6.07, 6.45) is -0.758. The average Bonchev–Trinajstić information content (AvgIpc) is 3.46. The molecule has 2 atom stereocenters. The molecule has 0 spiro atoms. The zero-order valence-corrected chi connectivity index (χ0v) is 29.8. The molecule has 0 aromatic rings. The van der Waals surface area contributed by atoms with Crippen LogP contribution in [0.25, 0.3) is 0 Å². The molecular formula is C28H60N2O7Si2. The Balaban J connectivity index is 0.000000741. The first-order valence-electron chi connectivity index (χ1n) is 14.0. The van der Waals surface area contributed by atoms with Crippen LogP contribution in [0.5, 0.6) is 0 Å². The van der Waals surface area contributed by atoms with Crippen LogP contribution in [-0.2, 0) is 18.3 Å². The molecule has 0 aromatic heterocycles. The monoisotopic (exact) mass is 592 g/mol. The summed E-state index contributed by atoms with van der Waals surface area (Å²) in [5.74, 6) is 0. The van der Waals surface area contributed by atoms with Crippen LogP contribution in [0, 0.1) is 0 Å². The fourth-order valence-electron chi connectivity index (χ4n) is 2.53. The minimum Gasteiger partial charge on any atom is -0.444 e. The van der Waals surface area contributed by atoms with Gasteiger partial charge in [0.2, 0.25) is 0 Å². The van der Waals surface area contributed by atoms with Crippen LogP contribution in [0.3, 0.4) is 0 Å². The maximum Gasteiger partial charge on any atom is 0.410 e. The van der Waals surface area contributed by atoms with E-state index in [2.05, 4.69) is 73.0 Å². The van der Waals surface area contributed by atoms with Gasteiger partial charge in [-0.3, -0.25) is 4.90 Å². The Morgan fingerprint density at radius 2 is 1.26 bits per heavy atom. The lowest BCUT2D eigenvalue weighted by Gasteiger charge is -2.37. The molecule has 0 saturated carbocycles. The average molecular weight is 593 g/mol. The SMILES string of the molecule is CC(C)(C)OC(=O)N1C[C@H]1CO[Si](C)(C)C(C)(C)C.CC(C)(C)OC(=O)N[C@@H](CO)CO[Si](C)(C)C(C)(C)C. The Morgan fingerprint density at radius 3 is 1.64 bits per heavy atom. The molecule has 232 valence electrons. The summed E-state index contributed by atoms with van der Waals surface area (Å²) in [5, 5.41) is 12.3. The molecule has 0 aromatic carbocycles. The third kappa shape index (κ3) is 14.9. The summed E-state index contributed by atoms with van der Waals surface area (Å²) in [7, 11) is -3.60. The molecule has 2 N–H and O–H groups in total. The van der Waals surface area contributed by atoms with Gasteiger partial charge in [-0.1, -0.05) is 41.5 Å². The lowest BCUT2D eigenvalue weighted by atomic mass is 10.2. The fourth-order valence-corrected chi connectivity index (χ4v) is 4.62. The number of nitrogens with one attached hydrogen (secondary N) is 1.